The van der Waals surface area contributed by atoms with Crippen molar-refractivity contribution in [2.24, 2.45) is 17.3 Å². The summed E-state index contributed by atoms with van der Waals surface area (Å²) in [5.41, 5.74) is 0.214. The van der Waals surface area contributed by atoms with Crippen molar-refractivity contribution in [3.8, 4) is 0 Å². The zero-order chi connectivity index (χ0) is 24.4. The number of anilines is 1. The molecular formula is C23H28BF3N5O2S2. The second kappa shape index (κ2) is 9.47. The summed E-state index contributed by atoms with van der Waals surface area (Å²) in [7, 11) is 1.52. The maximum absolute atomic E-state index is 13.5. The van der Waals surface area contributed by atoms with E-state index in [4.69, 9.17) is 0 Å². The topological polar surface area (TPSA) is 69.6 Å². The van der Waals surface area contributed by atoms with Crippen molar-refractivity contribution in [2.45, 2.75) is 44.3 Å². The van der Waals surface area contributed by atoms with Gasteiger partial charge in [-0.05, 0) is 55.5 Å². The fraction of sp³-hybridized carbons (Fsp3) is 0.652. The second-order valence-corrected chi connectivity index (χ2v) is 11.7. The predicted octanol–water partition coefficient (Wildman–Crippen LogP) is 2.86. The number of thiophene rings is 1. The minimum Gasteiger partial charge on any atom is -0.355 e. The molecule has 2 aromatic heterocycles. The monoisotopic (exact) mass is 538 g/mol. The number of aromatic nitrogens is 2. The number of likely N-dealkylation sites (tertiary alicyclic amines) is 1. The van der Waals surface area contributed by atoms with E-state index >= 15 is 0 Å². The van der Waals surface area contributed by atoms with Gasteiger partial charge in [0, 0.05) is 31.1 Å². The summed E-state index contributed by atoms with van der Waals surface area (Å²) >= 11 is 1.07. The summed E-state index contributed by atoms with van der Waals surface area (Å²) in [6.07, 6.45) is 0.941. The fourth-order valence-corrected chi connectivity index (χ4v) is 7.30. The number of fused-ring (bicyclic) bond motifs is 2. The van der Waals surface area contributed by atoms with Gasteiger partial charge in [-0.1, -0.05) is 0 Å². The molecule has 1 spiro atoms. The number of carbonyl (C=O) groups is 2. The average Bonchev–Trinajstić information content (AvgIpc) is 3.12. The molecule has 1 aliphatic carbocycles. The van der Waals surface area contributed by atoms with E-state index in [0.717, 1.165) is 56.3 Å². The molecule has 2 aromatic rings. The number of rotatable bonds is 5. The lowest BCUT2D eigenvalue weighted by Gasteiger charge is -2.37. The number of halogens is 3. The molecule has 1 saturated carbocycles. The summed E-state index contributed by atoms with van der Waals surface area (Å²) in [5, 5.41) is 0.670. The van der Waals surface area contributed by atoms with E-state index in [-0.39, 0.29) is 41.7 Å². The lowest BCUT2D eigenvalue weighted by molar-refractivity contribution is -0.137. The van der Waals surface area contributed by atoms with Crippen LogP contribution in [0.3, 0.4) is 0 Å². The van der Waals surface area contributed by atoms with Crippen molar-refractivity contribution in [1.82, 2.24) is 19.7 Å². The van der Waals surface area contributed by atoms with Crippen molar-refractivity contribution >= 4 is 60.4 Å². The maximum Gasteiger partial charge on any atom is 0.393 e. The first-order valence-corrected chi connectivity index (χ1v) is 12.9. The largest absolute Gasteiger partial charge is 0.393 e. The minimum atomic E-state index is -4.26. The first kappa shape index (κ1) is 25.8. The molecule has 4 fully saturated rings. The highest BCUT2D eigenvalue weighted by Crippen LogP contribution is 2.54. The van der Waals surface area contributed by atoms with Crippen LogP contribution < -0.4 is 4.90 Å². The quantitative estimate of drug-likeness (QED) is 0.431. The maximum atomic E-state index is 13.5. The van der Waals surface area contributed by atoms with Gasteiger partial charge in [-0.25, -0.2) is 9.97 Å². The van der Waals surface area contributed by atoms with Gasteiger partial charge in [0.1, 0.15) is 17.0 Å². The lowest BCUT2D eigenvalue weighted by Crippen LogP contribution is -2.51. The number of nitrogens with zero attached hydrogens (tertiary/aromatic N) is 5. The third-order valence-corrected chi connectivity index (χ3v) is 9.23. The van der Waals surface area contributed by atoms with Gasteiger partial charge in [0.15, 0.2) is 0 Å². The van der Waals surface area contributed by atoms with E-state index in [1.54, 1.807) is 6.07 Å². The number of alkyl halides is 3. The molecule has 1 radical (unpaired) electrons. The van der Waals surface area contributed by atoms with Gasteiger partial charge in [-0.3, -0.25) is 4.79 Å². The Balaban J connectivity index is 0.00000267. The van der Waals surface area contributed by atoms with Crippen LogP contribution in [-0.4, -0.2) is 84.1 Å². The standard InChI is InChI=1S/C23H26BF3N5O2S.H2S/c25-23(26,27)6-16-5-17-19(28-13-29-20(17)35-16)31-8-14-1-4-30(9-15(14)10-31)21(34)18-7-22(2-3-22)11-32(18)24-12-33;/h5,12-15,18H,1-4,6-11H2;1H2/t14-,15+,18+;/m1./s1. The Morgan fingerprint density at radius 2 is 2.00 bits per heavy atom. The van der Waals surface area contributed by atoms with Gasteiger partial charge >= 0.3 is 6.18 Å². The molecule has 5 heterocycles. The van der Waals surface area contributed by atoms with Crippen LogP contribution in [0.4, 0.5) is 19.0 Å². The van der Waals surface area contributed by atoms with E-state index in [2.05, 4.69) is 14.9 Å². The fourth-order valence-electron chi connectivity index (χ4n) is 6.27. The molecule has 4 aliphatic rings. The molecule has 0 aromatic carbocycles. The molecule has 3 atom stereocenters. The van der Waals surface area contributed by atoms with Crippen molar-refractivity contribution in [3.63, 3.8) is 0 Å². The Hall–Kier alpha value is -1.86. The predicted molar refractivity (Wildman–Crippen MR) is 137 cm³/mol. The Morgan fingerprint density at radius 1 is 1.22 bits per heavy atom. The third-order valence-electron chi connectivity index (χ3n) is 8.19. The number of piperidine rings is 1. The smallest absolute Gasteiger partial charge is 0.355 e. The van der Waals surface area contributed by atoms with Crippen LogP contribution in [0.15, 0.2) is 12.4 Å². The zero-order valence-corrected chi connectivity index (χ0v) is 21.5. The number of amides is 1. The second-order valence-electron chi connectivity index (χ2n) is 10.6. The normalized spacial score (nSPS) is 27.2. The zero-order valence-electron chi connectivity index (χ0n) is 19.7. The van der Waals surface area contributed by atoms with Crippen LogP contribution in [0.25, 0.3) is 10.2 Å². The van der Waals surface area contributed by atoms with E-state index in [1.807, 2.05) is 9.71 Å². The Labute approximate surface area is 219 Å². The summed E-state index contributed by atoms with van der Waals surface area (Å²) < 4.78 is 38.7. The Bertz CT molecular complexity index is 1160. The highest BCUT2D eigenvalue weighted by molar-refractivity contribution is 7.59. The van der Waals surface area contributed by atoms with E-state index < -0.39 is 12.6 Å². The van der Waals surface area contributed by atoms with Gasteiger partial charge in [0.05, 0.1) is 24.0 Å². The molecular weight excluding hydrogens is 510 g/mol. The highest BCUT2D eigenvalue weighted by atomic mass is 32.1. The summed E-state index contributed by atoms with van der Waals surface area (Å²) in [5.74, 6) is 1.49. The number of hydrogen-bond acceptors (Lipinski definition) is 7. The molecule has 0 unspecified atom stereocenters. The lowest BCUT2D eigenvalue weighted by atomic mass is 9.87. The molecule has 13 heteroatoms. The first-order chi connectivity index (χ1) is 16.7. The molecule has 3 saturated heterocycles. The molecule has 0 bridgehead atoms. The highest BCUT2D eigenvalue weighted by Gasteiger charge is 2.54. The van der Waals surface area contributed by atoms with Gasteiger partial charge in [-0.15, -0.1) is 11.3 Å². The van der Waals surface area contributed by atoms with Crippen molar-refractivity contribution < 1.29 is 22.8 Å². The van der Waals surface area contributed by atoms with Gasteiger partial charge in [0.25, 0.3) is 7.41 Å². The van der Waals surface area contributed by atoms with Crippen LogP contribution >= 0.6 is 24.8 Å². The van der Waals surface area contributed by atoms with Gasteiger partial charge < -0.3 is 19.4 Å². The van der Waals surface area contributed by atoms with Crippen molar-refractivity contribution in [1.29, 1.82) is 0 Å². The molecule has 36 heavy (non-hydrogen) atoms. The summed E-state index contributed by atoms with van der Waals surface area (Å²) in [4.78, 5) is 40.1. The van der Waals surface area contributed by atoms with Crippen LogP contribution in [-0.2, 0) is 16.0 Å². The van der Waals surface area contributed by atoms with E-state index in [9.17, 15) is 22.8 Å². The third kappa shape index (κ3) is 4.85. The molecule has 6 rings (SSSR count). The first-order valence-electron chi connectivity index (χ1n) is 12.1. The summed E-state index contributed by atoms with van der Waals surface area (Å²) in [6, 6.07) is 1.32. The van der Waals surface area contributed by atoms with E-state index in [0.29, 0.717) is 41.6 Å². The Morgan fingerprint density at radius 3 is 2.72 bits per heavy atom. The molecule has 3 aliphatic heterocycles. The van der Waals surface area contributed by atoms with E-state index in [1.165, 1.54) is 13.7 Å². The molecule has 1 amide bonds. The van der Waals surface area contributed by atoms with Crippen LogP contribution in [0.5, 0.6) is 0 Å². The van der Waals surface area contributed by atoms with Crippen LogP contribution in [0.2, 0.25) is 0 Å². The SMILES string of the molecule is O=C[B]N1CC2(CC2)C[C@H]1C(=O)N1CC[C@@H]2CN(c3ncnc4sc(CC(F)(F)F)cc34)C[C@@H]2C1.S. The van der Waals surface area contributed by atoms with Crippen LogP contribution in [0.1, 0.15) is 30.6 Å². The number of hydrogen-bond donors (Lipinski definition) is 0. The van der Waals surface area contributed by atoms with Crippen molar-refractivity contribution in [2.75, 3.05) is 37.6 Å². The molecule has 193 valence electrons. The van der Waals surface area contributed by atoms with Gasteiger partial charge in [0.2, 0.25) is 5.91 Å². The van der Waals surface area contributed by atoms with Crippen LogP contribution in [0, 0.1) is 17.3 Å². The summed E-state index contributed by atoms with van der Waals surface area (Å²) in [6.45, 7) is 3.64. The molecule has 0 N–H and O–H groups in total. The minimum absolute atomic E-state index is 0. The average molecular weight is 538 g/mol. The van der Waals surface area contributed by atoms with Crippen molar-refractivity contribution in [3.05, 3.63) is 17.3 Å². The molecule has 7 nitrogen and oxygen atoms in total. The van der Waals surface area contributed by atoms with Gasteiger partial charge in [-0.2, -0.15) is 26.7 Å². The Kier molecular flexibility index (Phi) is 6.78. The number of carbonyl (C=O) groups excluding carboxylic acids is 2.